The summed E-state index contributed by atoms with van der Waals surface area (Å²) in [6.45, 7) is 0.405. The summed E-state index contributed by atoms with van der Waals surface area (Å²) in [6, 6.07) is 0. The van der Waals surface area contributed by atoms with E-state index in [1.165, 1.54) is 38.5 Å². The summed E-state index contributed by atoms with van der Waals surface area (Å²) in [4.78, 5) is 0. The summed E-state index contributed by atoms with van der Waals surface area (Å²) in [5.41, 5.74) is 1.66. The molecule has 1 heteroatoms. The Morgan fingerprint density at radius 3 is 3.08 bits per heavy atom. The zero-order valence-electron chi connectivity index (χ0n) is 7.63. The molecule has 0 aromatic rings. The fraction of sp³-hybridized carbons (Fsp3) is 0.818. The van der Waals surface area contributed by atoms with Crippen molar-refractivity contribution >= 4 is 0 Å². The number of hydrogen-bond acceptors (Lipinski definition) is 1. The van der Waals surface area contributed by atoms with Crippen LogP contribution in [0.3, 0.4) is 0 Å². The van der Waals surface area contributed by atoms with Crippen molar-refractivity contribution in [2.75, 3.05) is 6.61 Å². The third-order valence-electron chi connectivity index (χ3n) is 3.45. The SMILES string of the molecule is OCC1CCC=C2CCCCC21. The summed E-state index contributed by atoms with van der Waals surface area (Å²) in [7, 11) is 0. The van der Waals surface area contributed by atoms with Gasteiger partial charge in [0.25, 0.3) is 0 Å². The fourth-order valence-electron chi connectivity index (χ4n) is 2.76. The molecule has 68 valence electrons. The van der Waals surface area contributed by atoms with Gasteiger partial charge in [-0.05, 0) is 43.9 Å². The molecule has 1 fully saturated rings. The lowest BCUT2D eigenvalue weighted by molar-refractivity contribution is 0.160. The standard InChI is InChI=1S/C11H18O/c12-8-10-6-3-5-9-4-1-2-7-11(9)10/h5,10-12H,1-4,6-8H2. The minimum atomic E-state index is 0.405. The summed E-state index contributed by atoms with van der Waals surface area (Å²) in [5, 5.41) is 9.20. The average molecular weight is 166 g/mol. The van der Waals surface area contributed by atoms with Gasteiger partial charge in [-0.15, -0.1) is 0 Å². The van der Waals surface area contributed by atoms with Gasteiger partial charge < -0.3 is 5.11 Å². The van der Waals surface area contributed by atoms with Crippen molar-refractivity contribution in [3.63, 3.8) is 0 Å². The third kappa shape index (κ3) is 1.42. The molecule has 2 atom stereocenters. The Hall–Kier alpha value is -0.300. The molecule has 1 nitrogen and oxygen atoms in total. The van der Waals surface area contributed by atoms with Gasteiger partial charge in [-0.1, -0.05) is 18.1 Å². The quantitative estimate of drug-likeness (QED) is 0.593. The number of aliphatic hydroxyl groups is 1. The molecule has 0 heterocycles. The number of fused-ring (bicyclic) bond motifs is 1. The molecule has 2 unspecified atom stereocenters. The maximum atomic E-state index is 9.20. The Kier molecular flexibility index (Phi) is 2.50. The van der Waals surface area contributed by atoms with Crippen molar-refractivity contribution in [3.05, 3.63) is 11.6 Å². The van der Waals surface area contributed by atoms with Crippen LogP contribution in [0.4, 0.5) is 0 Å². The molecule has 2 aliphatic rings. The van der Waals surface area contributed by atoms with Gasteiger partial charge in [-0.2, -0.15) is 0 Å². The first-order chi connectivity index (χ1) is 5.92. The lowest BCUT2D eigenvalue weighted by Gasteiger charge is -2.34. The van der Waals surface area contributed by atoms with Crippen molar-refractivity contribution in [2.45, 2.75) is 38.5 Å². The van der Waals surface area contributed by atoms with Crippen LogP contribution in [-0.4, -0.2) is 11.7 Å². The molecule has 0 aliphatic heterocycles. The molecule has 12 heavy (non-hydrogen) atoms. The molecule has 1 N–H and O–H groups in total. The second-order valence-corrected chi connectivity index (χ2v) is 4.15. The smallest absolute Gasteiger partial charge is 0.0465 e. The summed E-state index contributed by atoms with van der Waals surface area (Å²) in [5.74, 6) is 1.34. The van der Waals surface area contributed by atoms with Crippen LogP contribution in [0.1, 0.15) is 38.5 Å². The third-order valence-corrected chi connectivity index (χ3v) is 3.45. The Labute approximate surface area is 74.5 Å². The van der Waals surface area contributed by atoms with E-state index in [2.05, 4.69) is 6.08 Å². The van der Waals surface area contributed by atoms with Crippen molar-refractivity contribution in [1.29, 1.82) is 0 Å². The Morgan fingerprint density at radius 1 is 1.33 bits per heavy atom. The monoisotopic (exact) mass is 166 g/mol. The molecular formula is C11H18O. The van der Waals surface area contributed by atoms with Crippen LogP contribution >= 0.6 is 0 Å². The van der Waals surface area contributed by atoms with Gasteiger partial charge in [0, 0.05) is 6.61 Å². The van der Waals surface area contributed by atoms with Crippen molar-refractivity contribution in [2.24, 2.45) is 11.8 Å². The van der Waals surface area contributed by atoms with E-state index in [0.29, 0.717) is 12.5 Å². The predicted molar refractivity (Wildman–Crippen MR) is 49.9 cm³/mol. The highest BCUT2D eigenvalue weighted by Gasteiger charge is 2.28. The largest absolute Gasteiger partial charge is 0.396 e. The van der Waals surface area contributed by atoms with Crippen molar-refractivity contribution in [1.82, 2.24) is 0 Å². The van der Waals surface area contributed by atoms with Crippen LogP contribution in [0, 0.1) is 11.8 Å². The molecule has 2 rings (SSSR count). The molecule has 0 radical (unpaired) electrons. The minimum Gasteiger partial charge on any atom is -0.396 e. The van der Waals surface area contributed by atoms with Crippen LogP contribution in [-0.2, 0) is 0 Å². The highest BCUT2D eigenvalue weighted by atomic mass is 16.3. The Balaban J connectivity index is 2.10. The molecule has 0 amide bonds. The van der Waals surface area contributed by atoms with E-state index in [1.54, 1.807) is 5.57 Å². The van der Waals surface area contributed by atoms with Crippen LogP contribution in [0.15, 0.2) is 11.6 Å². The van der Waals surface area contributed by atoms with Crippen molar-refractivity contribution in [3.8, 4) is 0 Å². The number of rotatable bonds is 1. The molecule has 2 aliphatic carbocycles. The number of aliphatic hydroxyl groups excluding tert-OH is 1. The first-order valence-corrected chi connectivity index (χ1v) is 5.21. The Bertz CT molecular complexity index is 183. The number of allylic oxidation sites excluding steroid dienone is 2. The normalized spacial score (nSPS) is 35.6. The zero-order chi connectivity index (χ0) is 8.39. The second kappa shape index (κ2) is 3.61. The molecule has 0 bridgehead atoms. The molecule has 0 aromatic carbocycles. The van der Waals surface area contributed by atoms with E-state index < -0.39 is 0 Å². The summed E-state index contributed by atoms with van der Waals surface area (Å²) >= 11 is 0. The summed E-state index contributed by atoms with van der Waals surface area (Å²) < 4.78 is 0. The highest BCUT2D eigenvalue weighted by molar-refractivity contribution is 5.13. The van der Waals surface area contributed by atoms with E-state index in [1.807, 2.05) is 0 Å². The lowest BCUT2D eigenvalue weighted by atomic mass is 9.71. The molecular weight excluding hydrogens is 148 g/mol. The fourth-order valence-corrected chi connectivity index (χ4v) is 2.76. The van der Waals surface area contributed by atoms with E-state index in [-0.39, 0.29) is 0 Å². The van der Waals surface area contributed by atoms with Crippen LogP contribution in [0.25, 0.3) is 0 Å². The van der Waals surface area contributed by atoms with Crippen LogP contribution < -0.4 is 0 Å². The van der Waals surface area contributed by atoms with E-state index in [4.69, 9.17) is 0 Å². The zero-order valence-corrected chi connectivity index (χ0v) is 7.63. The van der Waals surface area contributed by atoms with Crippen molar-refractivity contribution < 1.29 is 5.11 Å². The molecule has 0 spiro atoms. The molecule has 0 aromatic heterocycles. The first-order valence-electron chi connectivity index (χ1n) is 5.21. The van der Waals surface area contributed by atoms with Crippen LogP contribution in [0.2, 0.25) is 0 Å². The Morgan fingerprint density at radius 2 is 2.25 bits per heavy atom. The van der Waals surface area contributed by atoms with Crippen LogP contribution in [0.5, 0.6) is 0 Å². The molecule has 1 saturated carbocycles. The van der Waals surface area contributed by atoms with Gasteiger partial charge in [0.2, 0.25) is 0 Å². The van der Waals surface area contributed by atoms with Gasteiger partial charge in [0.05, 0.1) is 0 Å². The molecule has 0 saturated heterocycles. The maximum Gasteiger partial charge on any atom is 0.0465 e. The highest BCUT2D eigenvalue weighted by Crippen LogP contribution is 2.39. The van der Waals surface area contributed by atoms with Gasteiger partial charge in [-0.3, -0.25) is 0 Å². The lowest BCUT2D eigenvalue weighted by Crippen LogP contribution is -2.25. The first kappa shape index (κ1) is 8.31. The van der Waals surface area contributed by atoms with Gasteiger partial charge >= 0.3 is 0 Å². The average Bonchev–Trinajstić information content (AvgIpc) is 2.17. The second-order valence-electron chi connectivity index (χ2n) is 4.15. The maximum absolute atomic E-state index is 9.20. The number of hydrogen-bond donors (Lipinski definition) is 1. The van der Waals surface area contributed by atoms with E-state index >= 15 is 0 Å². The van der Waals surface area contributed by atoms with E-state index in [0.717, 1.165) is 5.92 Å². The topological polar surface area (TPSA) is 20.2 Å². The summed E-state index contributed by atoms with van der Waals surface area (Å²) in [6.07, 6.45) is 10.2. The van der Waals surface area contributed by atoms with Gasteiger partial charge in [0.15, 0.2) is 0 Å². The minimum absolute atomic E-state index is 0.405. The van der Waals surface area contributed by atoms with Gasteiger partial charge in [-0.25, -0.2) is 0 Å². The van der Waals surface area contributed by atoms with E-state index in [9.17, 15) is 5.11 Å². The predicted octanol–water partition coefficient (Wildman–Crippen LogP) is 2.51. The van der Waals surface area contributed by atoms with Gasteiger partial charge in [0.1, 0.15) is 0 Å².